The van der Waals surface area contributed by atoms with Gasteiger partial charge in [-0.05, 0) is 31.2 Å². The number of carbonyl (C=O) groups excluding carboxylic acids is 1. The predicted octanol–water partition coefficient (Wildman–Crippen LogP) is 4.97. The molecule has 156 valence electrons. The number of carbonyl (C=O) groups is 1. The first-order chi connectivity index (χ1) is 14.5. The van der Waals surface area contributed by atoms with Gasteiger partial charge in [0.05, 0.1) is 23.0 Å². The number of ether oxygens (including phenoxy) is 1. The molecule has 0 spiro atoms. The Balaban J connectivity index is 1.58. The molecule has 1 amide bonds. The summed E-state index contributed by atoms with van der Waals surface area (Å²) in [5.41, 5.74) is 0.582. The van der Waals surface area contributed by atoms with Crippen molar-refractivity contribution in [1.82, 2.24) is 10.2 Å². The summed E-state index contributed by atoms with van der Waals surface area (Å²) >= 11 is 8.24. The van der Waals surface area contributed by atoms with Crippen LogP contribution in [0.15, 0.2) is 46.8 Å². The Kier molecular flexibility index (Phi) is 7.44. The SMILES string of the molecule is CCOc1ccccc1Nc1nnc(SCC(=O)Nc2ccc(Cl)cc2[N+](=O)[O-])s1. The Hall–Kier alpha value is -2.89. The van der Waals surface area contributed by atoms with Crippen molar-refractivity contribution in [1.29, 1.82) is 0 Å². The van der Waals surface area contributed by atoms with Crippen LogP contribution in [0.2, 0.25) is 5.02 Å². The minimum Gasteiger partial charge on any atom is -0.492 e. The summed E-state index contributed by atoms with van der Waals surface area (Å²) in [4.78, 5) is 22.7. The molecule has 0 saturated heterocycles. The van der Waals surface area contributed by atoms with E-state index in [9.17, 15) is 14.9 Å². The molecule has 2 N–H and O–H groups in total. The molecule has 0 bridgehead atoms. The minimum atomic E-state index is -0.600. The van der Waals surface area contributed by atoms with Crippen molar-refractivity contribution in [3.8, 4) is 5.75 Å². The van der Waals surface area contributed by atoms with Crippen LogP contribution in [0.4, 0.5) is 22.2 Å². The number of nitro groups is 1. The molecule has 0 saturated carbocycles. The molecule has 0 radical (unpaired) electrons. The highest BCUT2D eigenvalue weighted by Gasteiger charge is 2.17. The molecule has 0 aliphatic carbocycles. The third-order valence-corrected chi connectivity index (χ3v) is 5.80. The lowest BCUT2D eigenvalue weighted by Crippen LogP contribution is -2.15. The zero-order valence-corrected chi connectivity index (χ0v) is 18.0. The minimum absolute atomic E-state index is 0.0178. The summed E-state index contributed by atoms with van der Waals surface area (Å²) in [6.07, 6.45) is 0. The van der Waals surface area contributed by atoms with Crippen molar-refractivity contribution in [2.24, 2.45) is 0 Å². The predicted molar refractivity (Wildman–Crippen MR) is 118 cm³/mol. The van der Waals surface area contributed by atoms with E-state index in [-0.39, 0.29) is 22.2 Å². The molecular weight excluding hydrogens is 450 g/mol. The van der Waals surface area contributed by atoms with Crippen LogP contribution in [0, 0.1) is 10.1 Å². The summed E-state index contributed by atoms with van der Waals surface area (Å²) in [5.74, 6) is 0.314. The largest absolute Gasteiger partial charge is 0.492 e. The standard InChI is InChI=1S/C18H16ClN5O4S2/c1-2-28-15-6-4-3-5-13(15)21-17-22-23-18(30-17)29-10-16(25)20-12-8-7-11(19)9-14(12)24(26)27/h3-9H,2,10H2,1H3,(H,20,25)(H,21,22). The van der Waals surface area contributed by atoms with Gasteiger partial charge >= 0.3 is 0 Å². The number of anilines is 3. The molecule has 0 fully saturated rings. The van der Waals surface area contributed by atoms with E-state index >= 15 is 0 Å². The average Bonchev–Trinajstić information content (AvgIpc) is 3.17. The van der Waals surface area contributed by atoms with Crippen molar-refractivity contribution in [2.45, 2.75) is 11.3 Å². The number of hydrogen-bond acceptors (Lipinski definition) is 9. The topological polar surface area (TPSA) is 119 Å². The molecule has 0 aliphatic rings. The van der Waals surface area contributed by atoms with Gasteiger partial charge in [0, 0.05) is 11.1 Å². The van der Waals surface area contributed by atoms with Crippen LogP contribution in [0.5, 0.6) is 5.75 Å². The van der Waals surface area contributed by atoms with Crippen molar-refractivity contribution in [2.75, 3.05) is 23.0 Å². The fraction of sp³-hybridized carbons (Fsp3) is 0.167. The average molecular weight is 466 g/mol. The van der Waals surface area contributed by atoms with Gasteiger partial charge in [-0.3, -0.25) is 14.9 Å². The maximum Gasteiger partial charge on any atom is 0.294 e. The highest BCUT2D eigenvalue weighted by Crippen LogP contribution is 2.32. The molecule has 1 heterocycles. The lowest BCUT2D eigenvalue weighted by atomic mass is 10.2. The number of hydrogen-bond donors (Lipinski definition) is 2. The second kappa shape index (κ2) is 10.2. The van der Waals surface area contributed by atoms with Crippen molar-refractivity contribution in [3.05, 3.63) is 57.6 Å². The highest BCUT2D eigenvalue weighted by atomic mass is 35.5. The first-order valence-electron chi connectivity index (χ1n) is 8.65. The second-order valence-corrected chi connectivity index (χ2v) is 8.32. The van der Waals surface area contributed by atoms with E-state index in [1.165, 1.54) is 41.3 Å². The fourth-order valence-electron chi connectivity index (χ4n) is 2.36. The number of nitro benzene ring substituents is 1. The maximum absolute atomic E-state index is 12.2. The van der Waals surface area contributed by atoms with Crippen LogP contribution in [0.3, 0.4) is 0 Å². The molecule has 0 atom stereocenters. The van der Waals surface area contributed by atoms with Gasteiger partial charge in [-0.15, -0.1) is 10.2 Å². The van der Waals surface area contributed by atoms with Gasteiger partial charge in [0.2, 0.25) is 11.0 Å². The van der Waals surface area contributed by atoms with E-state index in [0.29, 0.717) is 21.8 Å². The highest BCUT2D eigenvalue weighted by molar-refractivity contribution is 8.01. The van der Waals surface area contributed by atoms with Gasteiger partial charge in [0.15, 0.2) is 4.34 Å². The monoisotopic (exact) mass is 465 g/mol. The summed E-state index contributed by atoms with van der Waals surface area (Å²) in [7, 11) is 0. The quantitative estimate of drug-likeness (QED) is 0.258. The number of halogens is 1. The van der Waals surface area contributed by atoms with E-state index in [0.717, 1.165) is 5.69 Å². The number of amides is 1. The molecule has 1 aromatic heterocycles. The lowest BCUT2D eigenvalue weighted by molar-refractivity contribution is -0.383. The number of nitrogens with zero attached hydrogens (tertiary/aromatic N) is 3. The molecule has 9 nitrogen and oxygen atoms in total. The zero-order valence-electron chi connectivity index (χ0n) is 15.6. The smallest absolute Gasteiger partial charge is 0.294 e. The number of nitrogens with one attached hydrogen (secondary N) is 2. The number of thioether (sulfide) groups is 1. The van der Waals surface area contributed by atoms with E-state index in [1.54, 1.807) is 0 Å². The van der Waals surface area contributed by atoms with Gasteiger partial charge in [-0.2, -0.15) is 0 Å². The van der Waals surface area contributed by atoms with Gasteiger partial charge in [0.1, 0.15) is 11.4 Å². The third kappa shape index (κ3) is 5.81. The van der Waals surface area contributed by atoms with Gasteiger partial charge in [-0.25, -0.2) is 0 Å². The Bertz CT molecular complexity index is 1060. The number of aromatic nitrogens is 2. The zero-order chi connectivity index (χ0) is 21.5. The maximum atomic E-state index is 12.2. The first kappa shape index (κ1) is 21.8. The van der Waals surface area contributed by atoms with E-state index < -0.39 is 10.8 Å². The Morgan fingerprint density at radius 1 is 1.27 bits per heavy atom. The third-order valence-electron chi connectivity index (χ3n) is 3.59. The van der Waals surface area contributed by atoms with Crippen LogP contribution < -0.4 is 15.4 Å². The van der Waals surface area contributed by atoms with E-state index in [4.69, 9.17) is 16.3 Å². The van der Waals surface area contributed by atoms with Gasteiger partial charge < -0.3 is 15.4 Å². The molecule has 12 heteroatoms. The van der Waals surface area contributed by atoms with Crippen LogP contribution >= 0.6 is 34.7 Å². The normalized spacial score (nSPS) is 10.5. The Labute approximate surface area is 185 Å². The molecule has 3 aromatic rings. The molecule has 0 aliphatic heterocycles. The Morgan fingerprint density at radius 3 is 2.83 bits per heavy atom. The van der Waals surface area contributed by atoms with Crippen molar-refractivity contribution in [3.63, 3.8) is 0 Å². The number of benzene rings is 2. The lowest BCUT2D eigenvalue weighted by Gasteiger charge is -2.09. The van der Waals surface area contributed by atoms with Crippen LogP contribution in [0.1, 0.15) is 6.92 Å². The number of rotatable bonds is 9. The van der Waals surface area contributed by atoms with E-state index in [1.807, 2.05) is 31.2 Å². The van der Waals surface area contributed by atoms with Crippen LogP contribution in [0.25, 0.3) is 0 Å². The molecule has 3 rings (SSSR count). The van der Waals surface area contributed by atoms with Gasteiger partial charge in [-0.1, -0.05) is 46.8 Å². The van der Waals surface area contributed by atoms with Crippen LogP contribution in [-0.2, 0) is 4.79 Å². The first-order valence-corrected chi connectivity index (χ1v) is 10.8. The molecule has 30 heavy (non-hydrogen) atoms. The summed E-state index contributed by atoms with van der Waals surface area (Å²) in [6, 6.07) is 11.5. The van der Waals surface area contributed by atoms with E-state index in [2.05, 4.69) is 20.8 Å². The molecule has 2 aromatic carbocycles. The van der Waals surface area contributed by atoms with Crippen LogP contribution in [-0.4, -0.2) is 33.4 Å². The summed E-state index contributed by atoms with van der Waals surface area (Å²) in [5, 5.41) is 25.7. The summed E-state index contributed by atoms with van der Waals surface area (Å²) in [6.45, 7) is 2.44. The molecule has 0 unspecified atom stereocenters. The second-order valence-electron chi connectivity index (χ2n) is 5.68. The number of para-hydroxylation sites is 2. The fourth-order valence-corrected chi connectivity index (χ4v) is 4.09. The van der Waals surface area contributed by atoms with Gasteiger partial charge in [0.25, 0.3) is 5.69 Å². The summed E-state index contributed by atoms with van der Waals surface area (Å²) < 4.78 is 6.14. The van der Waals surface area contributed by atoms with Crippen molar-refractivity contribution >= 4 is 62.8 Å². The van der Waals surface area contributed by atoms with Crippen molar-refractivity contribution < 1.29 is 14.5 Å². The Morgan fingerprint density at radius 2 is 2.07 bits per heavy atom. The molecular formula is C18H16ClN5O4S2.